The van der Waals surface area contributed by atoms with Gasteiger partial charge < -0.3 is 10.5 Å². The van der Waals surface area contributed by atoms with Gasteiger partial charge in [0.1, 0.15) is 0 Å². The lowest BCUT2D eigenvalue weighted by Gasteiger charge is -2.21. The highest BCUT2D eigenvalue weighted by atomic mass is 16.5. The van der Waals surface area contributed by atoms with Crippen molar-refractivity contribution in [3.05, 3.63) is 11.9 Å². The van der Waals surface area contributed by atoms with Crippen LogP contribution < -0.4 is 10.5 Å². The molecule has 1 aliphatic rings. The maximum atomic E-state index is 6.34. The second kappa shape index (κ2) is 4.45. The molecule has 4 heteroatoms. The van der Waals surface area contributed by atoms with Crippen LogP contribution in [0.15, 0.2) is 6.20 Å². The van der Waals surface area contributed by atoms with E-state index in [4.69, 9.17) is 10.5 Å². The third-order valence-corrected chi connectivity index (χ3v) is 3.61. The summed E-state index contributed by atoms with van der Waals surface area (Å²) < 4.78 is 7.28. The van der Waals surface area contributed by atoms with Gasteiger partial charge in [-0.05, 0) is 31.6 Å². The standard InChI is InChI=1S/C12H21N3O/c1-4-15-12(10(16-3)7-14-15)11(13)8(2)9-5-6-9/h7-9,11H,4-6,13H2,1-3H3. The average Bonchev–Trinajstić information content (AvgIpc) is 3.06. The van der Waals surface area contributed by atoms with Gasteiger partial charge in [-0.3, -0.25) is 4.68 Å². The van der Waals surface area contributed by atoms with Crippen molar-refractivity contribution in [2.75, 3.05) is 7.11 Å². The Balaban J connectivity index is 2.25. The maximum absolute atomic E-state index is 6.34. The van der Waals surface area contributed by atoms with Crippen LogP contribution in [0.3, 0.4) is 0 Å². The molecule has 0 saturated heterocycles. The Bertz CT molecular complexity index is 336. The van der Waals surface area contributed by atoms with E-state index < -0.39 is 0 Å². The lowest BCUT2D eigenvalue weighted by molar-refractivity contribution is 0.361. The molecule has 1 heterocycles. The SMILES string of the molecule is CCn1ncc(OC)c1C(N)C(C)C1CC1. The summed E-state index contributed by atoms with van der Waals surface area (Å²) >= 11 is 0. The number of rotatable bonds is 5. The number of ether oxygens (including phenoxy) is 1. The fraction of sp³-hybridized carbons (Fsp3) is 0.750. The Labute approximate surface area is 96.8 Å². The third kappa shape index (κ3) is 1.94. The first-order chi connectivity index (χ1) is 7.69. The minimum atomic E-state index is 0.0323. The lowest BCUT2D eigenvalue weighted by Crippen LogP contribution is -2.24. The zero-order chi connectivity index (χ0) is 11.7. The first-order valence-corrected chi connectivity index (χ1v) is 6.04. The van der Waals surface area contributed by atoms with Gasteiger partial charge in [-0.2, -0.15) is 5.10 Å². The second-order valence-corrected chi connectivity index (χ2v) is 4.64. The van der Waals surface area contributed by atoms with Crippen molar-refractivity contribution in [3.63, 3.8) is 0 Å². The highest BCUT2D eigenvalue weighted by Crippen LogP contribution is 2.43. The minimum absolute atomic E-state index is 0.0323. The molecule has 0 amide bonds. The Morgan fingerprint density at radius 3 is 2.81 bits per heavy atom. The van der Waals surface area contributed by atoms with Crippen molar-refractivity contribution in [3.8, 4) is 5.75 Å². The van der Waals surface area contributed by atoms with Gasteiger partial charge >= 0.3 is 0 Å². The van der Waals surface area contributed by atoms with Crippen LogP contribution in [0.25, 0.3) is 0 Å². The molecule has 2 atom stereocenters. The Morgan fingerprint density at radius 2 is 2.31 bits per heavy atom. The molecule has 2 N–H and O–H groups in total. The molecule has 1 saturated carbocycles. The molecule has 1 fully saturated rings. The van der Waals surface area contributed by atoms with E-state index in [1.54, 1.807) is 13.3 Å². The van der Waals surface area contributed by atoms with Crippen LogP contribution in [0.5, 0.6) is 5.75 Å². The molecule has 2 rings (SSSR count). The molecular formula is C12H21N3O. The largest absolute Gasteiger partial charge is 0.493 e. The Morgan fingerprint density at radius 1 is 1.62 bits per heavy atom. The van der Waals surface area contributed by atoms with Crippen molar-refractivity contribution in [1.29, 1.82) is 0 Å². The molecule has 0 radical (unpaired) electrons. The zero-order valence-electron chi connectivity index (χ0n) is 10.3. The normalized spacial score (nSPS) is 19.5. The number of aromatic nitrogens is 2. The van der Waals surface area contributed by atoms with Gasteiger partial charge in [-0.25, -0.2) is 0 Å². The van der Waals surface area contributed by atoms with E-state index in [1.807, 2.05) is 4.68 Å². The molecule has 4 nitrogen and oxygen atoms in total. The van der Waals surface area contributed by atoms with Crippen molar-refractivity contribution in [2.45, 2.75) is 39.3 Å². The summed E-state index contributed by atoms with van der Waals surface area (Å²) in [6.07, 6.45) is 4.40. The summed E-state index contributed by atoms with van der Waals surface area (Å²) in [4.78, 5) is 0. The fourth-order valence-electron chi connectivity index (χ4n) is 2.29. The molecule has 1 aromatic rings. The number of hydrogen-bond acceptors (Lipinski definition) is 3. The molecule has 1 aliphatic carbocycles. The van der Waals surface area contributed by atoms with Gasteiger partial charge in [0, 0.05) is 6.54 Å². The number of nitrogens with zero attached hydrogens (tertiary/aromatic N) is 2. The van der Waals surface area contributed by atoms with Crippen molar-refractivity contribution in [2.24, 2.45) is 17.6 Å². The van der Waals surface area contributed by atoms with Crippen LogP contribution in [0.2, 0.25) is 0 Å². The predicted octanol–water partition coefficient (Wildman–Crippen LogP) is 1.96. The molecule has 90 valence electrons. The van der Waals surface area contributed by atoms with Crippen LogP contribution in [-0.4, -0.2) is 16.9 Å². The van der Waals surface area contributed by atoms with Crippen LogP contribution in [-0.2, 0) is 6.54 Å². The maximum Gasteiger partial charge on any atom is 0.161 e. The molecule has 0 spiro atoms. The third-order valence-electron chi connectivity index (χ3n) is 3.61. The van der Waals surface area contributed by atoms with Crippen LogP contribution in [0.4, 0.5) is 0 Å². The second-order valence-electron chi connectivity index (χ2n) is 4.64. The zero-order valence-corrected chi connectivity index (χ0v) is 10.3. The first-order valence-electron chi connectivity index (χ1n) is 6.04. The smallest absolute Gasteiger partial charge is 0.161 e. The molecule has 1 aromatic heterocycles. The van der Waals surface area contributed by atoms with Gasteiger partial charge in [0.25, 0.3) is 0 Å². The fourth-order valence-corrected chi connectivity index (χ4v) is 2.29. The molecule has 16 heavy (non-hydrogen) atoms. The van der Waals surface area contributed by atoms with Crippen LogP contribution >= 0.6 is 0 Å². The molecular weight excluding hydrogens is 202 g/mol. The number of methoxy groups -OCH3 is 1. The minimum Gasteiger partial charge on any atom is -0.493 e. The van der Waals surface area contributed by atoms with Gasteiger partial charge in [0.15, 0.2) is 5.75 Å². The van der Waals surface area contributed by atoms with E-state index in [9.17, 15) is 0 Å². The number of aryl methyl sites for hydroxylation is 1. The molecule has 0 bridgehead atoms. The van der Waals surface area contributed by atoms with Gasteiger partial charge in [-0.1, -0.05) is 6.92 Å². The summed E-state index contributed by atoms with van der Waals surface area (Å²) in [5.41, 5.74) is 7.38. The monoisotopic (exact) mass is 223 g/mol. The van der Waals surface area contributed by atoms with Crippen molar-refractivity contribution < 1.29 is 4.74 Å². The number of hydrogen-bond donors (Lipinski definition) is 1. The van der Waals surface area contributed by atoms with Crippen LogP contribution in [0, 0.1) is 11.8 Å². The van der Waals surface area contributed by atoms with E-state index in [2.05, 4.69) is 18.9 Å². The van der Waals surface area contributed by atoms with E-state index in [0.717, 1.165) is 23.9 Å². The molecule has 2 unspecified atom stereocenters. The molecule has 0 aliphatic heterocycles. The Kier molecular flexibility index (Phi) is 3.19. The quantitative estimate of drug-likeness (QED) is 0.830. The van der Waals surface area contributed by atoms with Gasteiger partial charge in [0.2, 0.25) is 0 Å². The lowest BCUT2D eigenvalue weighted by atomic mass is 9.94. The highest BCUT2D eigenvalue weighted by Gasteiger charge is 2.34. The van der Waals surface area contributed by atoms with E-state index in [0.29, 0.717) is 5.92 Å². The first kappa shape index (κ1) is 11.5. The molecule has 0 aromatic carbocycles. The number of nitrogens with two attached hydrogens (primary N) is 1. The predicted molar refractivity (Wildman–Crippen MR) is 63.3 cm³/mol. The van der Waals surface area contributed by atoms with E-state index in [1.165, 1.54) is 12.8 Å². The summed E-state index contributed by atoms with van der Waals surface area (Å²) in [5, 5.41) is 4.30. The average molecular weight is 223 g/mol. The highest BCUT2D eigenvalue weighted by molar-refractivity contribution is 5.28. The van der Waals surface area contributed by atoms with Crippen molar-refractivity contribution >= 4 is 0 Å². The summed E-state index contributed by atoms with van der Waals surface area (Å²) in [5.74, 6) is 2.12. The van der Waals surface area contributed by atoms with Crippen molar-refractivity contribution in [1.82, 2.24) is 9.78 Å². The summed E-state index contributed by atoms with van der Waals surface area (Å²) in [6, 6.07) is 0.0323. The topological polar surface area (TPSA) is 53.1 Å². The van der Waals surface area contributed by atoms with Gasteiger partial charge in [0.05, 0.1) is 25.0 Å². The summed E-state index contributed by atoms with van der Waals surface area (Å²) in [7, 11) is 1.68. The Hall–Kier alpha value is -1.03. The van der Waals surface area contributed by atoms with E-state index >= 15 is 0 Å². The summed E-state index contributed by atoms with van der Waals surface area (Å²) in [6.45, 7) is 5.14. The van der Waals surface area contributed by atoms with E-state index in [-0.39, 0.29) is 6.04 Å². The van der Waals surface area contributed by atoms with Crippen LogP contribution in [0.1, 0.15) is 38.4 Å². The van der Waals surface area contributed by atoms with Gasteiger partial charge in [-0.15, -0.1) is 0 Å².